The Kier molecular flexibility index (Phi) is 13.3. The van der Waals surface area contributed by atoms with E-state index < -0.39 is 12.1 Å². The smallest absolute Gasteiger partial charge is 0.315 e. The zero-order valence-electron chi connectivity index (χ0n) is 31.5. The van der Waals surface area contributed by atoms with Crippen LogP contribution in [0.4, 0.5) is 9.18 Å². The maximum absolute atomic E-state index is 13.5. The minimum Gasteiger partial charge on any atom is -0.354 e. The number of halogens is 1. The third-order valence-corrected chi connectivity index (χ3v) is 10.5. The van der Waals surface area contributed by atoms with Crippen molar-refractivity contribution in [2.75, 3.05) is 26.2 Å². The molecule has 2 aliphatic rings. The summed E-state index contributed by atoms with van der Waals surface area (Å²) in [5, 5.41) is 20.2. The molecule has 0 unspecified atom stereocenters. The number of unbranched alkanes of at least 4 members (excludes halogenated alkanes) is 3. The molecule has 55 heavy (non-hydrogen) atoms. The summed E-state index contributed by atoms with van der Waals surface area (Å²) in [6.07, 6.45) is 7.14. The molecule has 1 aromatic heterocycles. The number of likely N-dealkylation sites (tertiary alicyclic amines) is 1. The maximum Gasteiger partial charge on any atom is 0.315 e. The molecule has 1 aliphatic carbocycles. The fourth-order valence-electron chi connectivity index (χ4n) is 7.12. The predicted molar refractivity (Wildman–Crippen MR) is 207 cm³/mol. The van der Waals surface area contributed by atoms with E-state index >= 15 is 0 Å². The first-order valence-corrected chi connectivity index (χ1v) is 19.4. The average molecular weight is 751 g/mol. The van der Waals surface area contributed by atoms with Gasteiger partial charge in [-0.1, -0.05) is 92.9 Å². The molecule has 4 aromatic rings. The SMILES string of the molecule is CCCCCCNC(=O)[C@H](Cn1cc(-c2ccc(C(=O)N3C[C@@H](C)[C@H](C(=O)N[C@H]4C[C@@H]4c4ccccc4)C3)cc2)nn1)NC(=O)NCCc1ccc(F)cc1. The van der Waals surface area contributed by atoms with Crippen molar-refractivity contribution in [3.8, 4) is 11.3 Å². The summed E-state index contributed by atoms with van der Waals surface area (Å²) in [6.45, 7) is 5.87. The number of carbonyl (C=O) groups excluding carboxylic acids is 4. The Labute approximate surface area is 321 Å². The first-order valence-electron chi connectivity index (χ1n) is 19.4. The summed E-state index contributed by atoms with van der Waals surface area (Å²) < 4.78 is 14.7. The van der Waals surface area contributed by atoms with Gasteiger partial charge in [-0.2, -0.15) is 0 Å². The highest BCUT2D eigenvalue weighted by atomic mass is 19.1. The molecule has 6 rings (SSSR count). The normalized spacial score (nSPS) is 19.4. The topological polar surface area (TPSA) is 150 Å². The lowest BCUT2D eigenvalue weighted by atomic mass is 9.97. The zero-order chi connectivity index (χ0) is 38.7. The minimum atomic E-state index is -0.921. The third-order valence-electron chi connectivity index (χ3n) is 10.5. The molecule has 2 heterocycles. The van der Waals surface area contributed by atoms with Crippen LogP contribution >= 0.6 is 0 Å². The van der Waals surface area contributed by atoms with Crippen LogP contribution in [-0.2, 0) is 22.6 Å². The summed E-state index contributed by atoms with van der Waals surface area (Å²) >= 11 is 0. The number of hydrogen-bond acceptors (Lipinski definition) is 6. The fourth-order valence-corrected chi connectivity index (χ4v) is 7.12. The molecule has 5 amide bonds. The number of urea groups is 1. The molecule has 4 N–H and O–H groups in total. The van der Waals surface area contributed by atoms with Gasteiger partial charge in [0.25, 0.3) is 5.91 Å². The van der Waals surface area contributed by atoms with Crippen molar-refractivity contribution in [2.24, 2.45) is 11.8 Å². The average Bonchev–Trinajstić information content (AvgIpc) is 3.59. The van der Waals surface area contributed by atoms with Gasteiger partial charge in [-0.15, -0.1) is 5.10 Å². The second kappa shape index (κ2) is 18.6. The number of hydrogen-bond donors (Lipinski definition) is 4. The molecule has 0 radical (unpaired) electrons. The van der Waals surface area contributed by atoms with Gasteiger partial charge in [-0.25, -0.2) is 13.9 Å². The summed E-state index contributed by atoms with van der Waals surface area (Å²) in [5.41, 5.74) is 3.91. The van der Waals surface area contributed by atoms with Crippen LogP contribution < -0.4 is 21.3 Å². The van der Waals surface area contributed by atoms with Crippen LogP contribution in [0, 0.1) is 17.7 Å². The van der Waals surface area contributed by atoms with Crippen LogP contribution in [0.5, 0.6) is 0 Å². The van der Waals surface area contributed by atoms with Gasteiger partial charge in [0.1, 0.15) is 17.6 Å². The van der Waals surface area contributed by atoms with Crippen molar-refractivity contribution >= 4 is 23.8 Å². The van der Waals surface area contributed by atoms with Crippen LogP contribution in [0.3, 0.4) is 0 Å². The highest BCUT2D eigenvalue weighted by Gasteiger charge is 2.43. The molecular formula is C42H51FN8O4. The van der Waals surface area contributed by atoms with Gasteiger partial charge in [0.05, 0.1) is 18.7 Å². The first kappa shape index (κ1) is 39.1. The summed E-state index contributed by atoms with van der Waals surface area (Å²) in [6, 6.07) is 22.1. The third kappa shape index (κ3) is 10.8. The van der Waals surface area contributed by atoms with E-state index in [-0.39, 0.29) is 48.0 Å². The molecule has 5 atom stereocenters. The largest absolute Gasteiger partial charge is 0.354 e. The van der Waals surface area contributed by atoms with Crippen LogP contribution in [0.1, 0.15) is 73.4 Å². The predicted octanol–water partition coefficient (Wildman–Crippen LogP) is 5.07. The van der Waals surface area contributed by atoms with Gasteiger partial charge in [-0.3, -0.25) is 14.4 Å². The lowest BCUT2D eigenvalue weighted by Crippen LogP contribution is -2.52. The summed E-state index contributed by atoms with van der Waals surface area (Å²) in [4.78, 5) is 54.5. The van der Waals surface area contributed by atoms with Crippen LogP contribution in [-0.4, -0.2) is 81.9 Å². The van der Waals surface area contributed by atoms with Crippen molar-refractivity contribution in [3.63, 3.8) is 0 Å². The Balaban J connectivity index is 1.02. The second-order valence-electron chi connectivity index (χ2n) is 14.7. The standard InChI is InChI=1S/C42H51FN8O4/c1-3-4-5-9-21-44-40(53)38(47-42(55)45-22-20-29-12-18-33(43)19-13-29)27-51-26-37(48-49-51)31-14-16-32(17-15-31)41(54)50-24-28(2)35(25-50)39(52)46-36-23-34(36)30-10-7-6-8-11-30/h6-8,10-19,26,28,34-36,38H,3-5,9,20-25,27H2,1-2H3,(H,44,53)(H,46,52)(H2,45,47,55)/t28-,34-,35-,36+,38+/m1/s1. The lowest BCUT2D eigenvalue weighted by Gasteiger charge is -2.19. The summed E-state index contributed by atoms with van der Waals surface area (Å²) in [5.74, 6) is -0.641. The van der Waals surface area contributed by atoms with Crippen molar-refractivity contribution in [1.82, 2.24) is 41.2 Å². The fraction of sp³-hybridized carbons (Fsp3) is 0.429. The van der Waals surface area contributed by atoms with Crippen LogP contribution in [0.15, 0.2) is 85.1 Å². The zero-order valence-corrected chi connectivity index (χ0v) is 31.5. The molecule has 1 saturated heterocycles. The van der Waals surface area contributed by atoms with E-state index in [0.29, 0.717) is 49.8 Å². The highest BCUT2D eigenvalue weighted by Crippen LogP contribution is 2.41. The number of carbonyl (C=O) groups is 4. The number of nitrogens with one attached hydrogen (secondary N) is 4. The Morgan fingerprint density at radius 3 is 2.40 bits per heavy atom. The second-order valence-corrected chi connectivity index (χ2v) is 14.7. The molecule has 0 bridgehead atoms. The van der Waals surface area contributed by atoms with E-state index in [2.05, 4.69) is 50.6 Å². The number of nitrogens with zero attached hydrogens (tertiary/aromatic N) is 4. The number of amides is 5. The molecule has 0 spiro atoms. The molecular weight excluding hydrogens is 700 g/mol. The van der Waals surface area contributed by atoms with E-state index in [9.17, 15) is 23.6 Å². The highest BCUT2D eigenvalue weighted by molar-refractivity contribution is 5.95. The van der Waals surface area contributed by atoms with Gasteiger partial charge in [-0.05, 0) is 60.6 Å². The van der Waals surface area contributed by atoms with Gasteiger partial charge >= 0.3 is 6.03 Å². The first-order chi connectivity index (χ1) is 26.7. The monoisotopic (exact) mass is 750 g/mol. The lowest BCUT2D eigenvalue weighted by molar-refractivity contribution is -0.125. The molecule has 2 fully saturated rings. The number of rotatable bonds is 17. The van der Waals surface area contributed by atoms with Crippen molar-refractivity contribution in [3.05, 3.63) is 108 Å². The van der Waals surface area contributed by atoms with E-state index in [0.717, 1.165) is 43.2 Å². The van der Waals surface area contributed by atoms with E-state index in [1.807, 2.05) is 25.1 Å². The van der Waals surface area contributed by atoms with E-state index in [1.165, 1.54) is 22.4 Å². The van der Waals surface area contributed by atoms with E-state index in [4.69, 9.17) is 0 Å². The quantitative estimate of drug-likeness (QED) is 0.111. The Bertz CT molecular complexity index is 1900. The van der Waals surface area contributed by atoms with Gasteiger partial charge in [0, 0.05) is 49.3 Å². The van der Waals surface area contributed by atoms with Crippen molar-refractivity contribution < 1.29 is 23.6 Å². The molecule has 1 saturated carbocycles. The molecule has 13 heteroatoms. The summed E-state index contributed by atoms with van der Waals surface area (Å²) in [7, 11) is 0. The van der Waals surface area contributed by atoms with Gasteiger partial charge in [0.15, 0.2) is 0 Å². The Morgan fingerprint density at radius 2 is 1.65 bits per heavy atom. The van der Waals surface area contributed by atoms with Crippen LogP contribution in [0.25, 0.3) is 11.3 Å². The Hall–Kier alpha value is -5.59. The van der Waals surface area contributed by atoms with Crippen molar-refractivity contribution in [2.45, 2.75) is 76.9 Å². The van der Waals surface area contributed by atoms with Crippen LogP contribution in [0.2, 0.25) is 0 Å². The minimum absolute atomic E-state index is 0.00838. The maximum atomic E-state index is 13.5. The molecule has 3 aromatic carbocycles. The molecule has 12 nitrogen and oxygen atoms in total. The number of benzene rings is 3. The Morgan fingerprint density at radius 1 is 0.891 bits per heavy atom. The molecule has 290 valence electrons. The van der Waals surface area contributed by atoms with Gasteiger partial charge < -0.3 is 26.2 Å². The number of aromatic nitrogens is 3. The van der Waals surface area contributed by atoms with Crippen molar-refractivity contribution in [1.29, 1.82) is 0 Å². The van der Waals surface area contributed by atoms with Gasteiger partial charge in [0.2, 0.25) is 11.8 Å². The van der Waals surface area contributed by atoms with E-state index in [1.54, 1.807) is 47.5 Å². The molecule has 1 aliphatic heterocycles.